The molecule has 19 heavy (non-hydrogen) atoms. The Morgan fingerprint density at radius 3 is 2.53 bits per heavy atom. The zero-order chi connectivity index (χ0) is 13.8. The maximum Gasteiger partial charge on any atom is 0.126 e. The Balaban J connectivity index is 1.98. The molecule has 0 aliphatic heterocycles. The first-order valence-electron chi connectivity index (χ1n) is 5.89. The maximum atomic E-state index is 13.4. The third-order valence-electron chi connectivity index (χ3n) is 2.80. The van der Waals surface area contributed by atoms with Gasteiger partial charge in [-0.1, -0.05) is 23.7 Å². The van der Waals surface area contributed by atoms with E-state index in [-0.39, 0.29) is 12.4 Å². The highest BCUT2D eigenvalue weighted by molar-refractivity contribution is 6.30. The van der Waals surface area contributed by atoms with E-state index in [1.54, 1.807) is 43.3 Å². The highest BCUT2D eigenvalue weighted by Crippen LogP contribution is 2.20. The zero-order valence-electron chi connectivity index (χ0n) is 10.4. The van der Waals surface area contributed by atoms with Crippen molar-refractivity contribution in [3.8, 4) is 5.75 Å². The molecule has 1 N–H and O–H groups in total. The molecule has 100 valence electrons. The van der Waals surface area contributed by atoms with E-state index in [9.17, 15) is 9.50 Å². The number of benzene rings is 2. The fourth-order valence-corrected chi connectivity index (χ4v) is 1.74. The summed E-state index contributed by atoms with van der Waals surface area (Å²) >= 11 is 5.76. The van der Waals surface area contributed by atoms with Crippen LogP contribution in [0.3, 0.4) is 0 Å². The van der Waals surface area contributed by atoms with Crippen LogP contribution in [0.25, 0.3) is 0 Å². The second-order valence-electron chi connectivity index (χ2n) is 4.29. The van der Waals surface area contributed by atoms with Gasteiger partial charge in [0.15, 0.2) is 0 Å². The van der Waals surface area contributed by atoms with Gasteiger partial charge in [-0.25, -0.2) is 4.39 Å². The van der Waals surface area contributed by atoms with Gasteiger partial charge in [0, 0.05) is 5.02 Å². The van der Waals surface area contributed by atoms with Crippen molar-refractivity contribution >= 4 is 11.6 Å². The lowest BCUT2D eigenvalue weighted by Gasteiger charge is -2.13. The molecule has 0 aliphatic carbocycles. The molecule has 4 heteroatoms. The first kappa shape index (κ1) is 13.8. The van der Waals surface area contributed by atoms with Crippen molar-refractivity contribution in [2.75, 3.05) is 6.61 Å². The number of aryl methyl sites for hydroxylation is 1. The van der Waals surface area contributed by atoms with Crippen LogP contribution in [0.15, 0.2) is 42.5 Å². The summed E-state index contributed by atoms with van der Waals surface area (Å²) in [5, 5.41) is 10.6. The molecule has 1 unspecified atom stereocenters. The number of rotatable bonds is 4. The van der Waals surface area contributed by atoms with Gasteiger partial charge in [0.25, 0.3) is 0 Å². The van der Waals surface area contributed by atoms with Crippen LogP contribution in [0, 0.1) is 12.7 Å². The molecule has 2 aromatic rings. The lowest BCUT2D eigenvalue weighted by molar-refractivity contribution is 0.108. The SMILES string of the molecule is Cc1ccc(C(O)COc2ccc(Cl)cc2)cc1F. The van der Waals surface area contributed by atoms with Crippen molar-refractivity contribution in [2.45, 2.75) is 13.0 Å². The zero-order valence-corrected chi connectivity index (χ0v) is 11.2. The predicted molar refractivity (Wildman–Crippen MR) is 73.0 cm³/mol. The van der Waals surface area contributed by atoms with Gasteiger partial charge in [-0.2, -0.15) is 0 Å². The molecule has 2 aromatic carbocycles. The van der Waals surface area contributed by atoms with Crippen LogP contribution in [-0.2, 0) is 0 Å². The topological polar surface area (TPSA) is 29.5 Å². The minimum atomic E-state index is -0.870. The minimum absolute atomic E-state index is 0.0597. The first-order chi connectivity index (χ1) is 9.06. The number of hydrogen-bond donors (Lipinski definition) is 1. The van der Waals surface area contributed by atoms with E-state index in [2.05, 4.69) is 0 Å². The lowest BCUT2D eigenvalue weighted by Crippen LogP contribution is -2.10. The Hall–Kier alpha value is -1.58. The van der Waals surface area contributed by atoms with Crippen LogP contribution >= 0.6 is 11.6 Å². The van der Waals surface area contributed by atoms with E-state index in [1.807, 2.05) is 0 Å². The molecule has 0 saturated carbocycles. The van der Waals surface area contributed by atoms with Crippen molar-refractivity contribution in [1.29, 1.82) is 0 Å². The van der Waals surface area contributed by atoms with Gasteiger partial charge in [-0.3, -0.25) is 0 Å². The van der Waals surface area contributed by atoms with E-state index in [1.165, 1.54) is 6.07 Å². The number of aliphatic hydroxyl groups is 1. The van der Waals surface area contributed by atoms with E-state index >= 15 is 0 Å². The Labute approximate surface area is 116 Å². The van der Waals surface area contributed by atoms with Crippen molar-refractivity contribution in [3.63, 3.8) is 0 Å². The normalized spacial score (nSPS) is 12.2. The summed E-state index contributed by atoms with van der Waals surface area (Å²) in [7, 11) is 0. The second-order valence-corrected chi connectivity index (χ2v) is 4.73. The Morgan fingerprint density at radius 2 is 1.89 bits per heavy atom. The van der Waals surface area contributed by atoms with Crippen molar-refractivity contribution in [1.82, 2.24) is 0 Å². The van der Waals surface area contributed by atoms with E-state index in [0.29, 0.717) is 21.9 Å². The molecule has 0 bridgehead atoms. The Kier molecular flexibility index (Phi) is 4.40. The molecule has 0 aliphatic rings. The van der Waals surface area contributed by atoms with E-state index < -0.39 is 6.10 Å². The number of halogens is 2. The average molecular weight is 281 g/mol. The van der Waals surface area contributed by atoms with Crippen LogP contribution in [0.1, 0.15) is 17.2 Å². The largest absolute Gasteiger partial charge is 0.491 e. The predicted octanol–water partition coefficient (Wildman–Crippen LogP) is 3.90. The molecule has 0 saturated heterocycles. The van der Waals surface area contributed by atoms with Crippen LogP contribution in [0.5, 0.6) is 5.75 Å². The lowest BCUT2D eigenvalue weighted by atomic mass is 10.1. The molecule has 0 amide bonds. The fraction of sp³-hybridized carbons (Fsp3) is 0.200. The quantitative estimate of drug-likeness (QED) is 0.920. The van der Waals surface area contributed by atoms with Crippen molar-refractivity contribution in [2.24, 2.45) is 0 Å². The molecule has 0 fully saturated rings. The Bertz CT molecular complexity index is 555. The first-order valence-corrected chi connectivity index (χ1v) is 6.26. The van der Waals surface area contributed by atoms with Crippen molar-refractivity contribution in [3.05, 3.63) is 64.4 Å². The molecule has 2 nitrogen and oxygen atoms in total. The summed E-state index contributed by atoms with van der Waals surface area (Å²) in [5.41, 5.74) is 1.05. The summed E-state index contributed by atoms with van der Waals surface area (Å²) < 4.78 is 18.8. The van der Waals surface area contributed by atoms with Gasteiger partial charge in [0.2, 0.25) is 0 Å². The van der Waals surface area contributed by atoms with Crippen LogP contribution in [0.4, 0.5) is 4.39 Å². The van der Waals surface area contributed by atoms with Crippen LogP contribution in [0.2, 0.25) is 5.02 Å². The van der Waals surface area contributed by atoms with Crippen LogP contribution < -0.4 is 4.74 Å². The van der Waals surface area contributed by atoms with Gasteiger partial charge in [0.05, 0.1) is 0 Å². The number of ether oxygens (including phenoxy) is 1. The molecule has 1 atom stereocenters. The van der Waals surface area contributed by atoms with E-state index in [0.717, 1.165) is 0 Å². The smallest absolute Gasteiger partial charge is 0.126 e. The second kappa shape index (κ2) is 6.04. The number of aliphatic hydroxyl groups excluding tert-OH is 1. The molecule has 2 rings (SSSR count). The molecular formula is C15H14ClFO2. The van der Waals surface area contributed by atoms with Crippen molar-refractivity contribution < 1.29 is 14.2 Å². The highest BCUT2D eigenvalue weighted by Gasteiger charge is 2.10. The monoisotopic (exact) mass is 280 g/mol. The summed E-state index contributed by atoms with van der Waals surface area (Å²) in [5.74, 6) is 0.277. The third-order valence-corrected chi connectivity index (χ3v) is 3.05. The third kappa shape index (κ3) is 3.69. The molecule has 0 heterocycles. The number of hydrogen-bond acceptors (Lipinski definition) is 2. The van der Waals surface area contributed by atoms with Gasteiger partial charge in [-0.15, -0.1) is 0 Å². The molecule has 0 spiro atoms. The summed E-state index contributed by atoms with van der Waals surface area (Å²) in [4.78, 5) is 0. The average Bonchev–Trinajstić information content (AvgIpc) is 2.41. The maximum absolute atomic E-state index is 13.4. The molecule has 0 radical (unpaired) electrons. The highest BCUT2D eigenvalue weighted by atomic mass is 35.5. The van der Waals surface area contributed by atoms with Gasteiger partial charge in [-0.05, 0) is 48.4 Å². The van der Waals surface area contributed by atoms with E-state index in [4.69, 9.17) is 16.3 Å². The summed E-state index contributed by atoms with van der Waals surface area (Å²) in [6, 6.07) is 11.5. The van der Waals surface area contributed by atoms with Crippen LogP contribution in [-0.4, -0.2) is 11.7 Å². The minimum Gasteiger partial charge on any atom is -0.491 e. The van der Waals surface area contributed by atoms with Gasteiger partial charge < -0.3 is 9.84 Å². The van der Waals surface area contributed by atoms with Gasteiger partial charge in [0.1, 0.15) is 24.3 Å². The summed E-state index contributed by atoms with van der Waals surface area (Å²) in [6.07, 6.45) is -0.870. The Morgan fingerprint density at radius 1 is 1.21 bits per heavy atom. The van der Waals surface area contributed by atoms with Gasteiger partial charge >= 0.3 is 0 Å². The standard InChI is InChI=1S/C15H14ClFO2/c1-10-2-3-11(8-14(10)17)15(18)9-19-13-6-4-12(16)5-7-13/h2-8,15,18H,9H2,1H3. The molecular weight excluding hydrogens is 267 g/mol. The summed E-state index contributed by atoms with van der Waals surface area (Å²) in [6.45, 7) is 1.74. The fourth-order valence-electron chi connectivity index (χ4n) is 1.62. The molecule has 0 aromatic heterocycles.